The first-order chi connectivity index (χ1) is 18.5. The standard InChI is InChI=1S/C30H43N3O5S/c1-6-28(30(35)31-25-12-8-7-9-13-25)32(20-23-11-10-14-27(19-23)38-4)29(34)21-33(39(5,36)37)26-17-15-24(16-18-26)22(2)3/h10-11,14-19,22,25,28H,6-9,12-13,20-21H2,1-5H3,(H,31,35)/t28-/m0/s1. The molecule has 0 radical (unpaired) electrons. The molecule has 0 unspecified atom stereocenters. The van der Waals surface area contributed by atoms with Gasteiger partial charge in [0.2, 0.25) is 21.8 Å². The number of nitrogens with zero attached hydrogens (tertiary/aromatic N) is 2. The molecule has 2 aromatic carbocycles. The minimum Gasteiger partial charge on any atom is -0.497 e. The van der Waals surface area contributed by atoms with Gasteiger partial charge in [0.25, 0.3) is 0 Å². The van der Waals surface area contributed by atoms with E-state index in [4.69, 9.17) is 4.74 Å². The van der Waals surface area contributed by atoms with Crippen molar-refractivity contribution < 1.29 is 22.7 Å². The topological polar surface area (TPSA) is 96.0 Å². The molecule has 39 heavy (non-hydrogen) atoms. The molecule has 0 aromatic heterocycles. The number of hydrogen-bond acceptors (Lipinski definition) is 5. The number of nitrogens with one attached hydrogen (secondary N) is 1. The molecular formula is C30H43N3O5S. The van der Waals surface area contributed by atoms with E-state index in [0.29, 0.717) is 23.8 Å². The summed E-state index contributed by atoms with van der Waals surface area (Å²) in [4.78, 5) is 28.9. The molecule has 0 bridgehead atoms. The molecule has 9 heteroatoms. The van der Waals surface area contributed by atoms with E-state index in [2.05, 4.69) is 19.2 Å². The van der Waals surface area contributed by atoms with Gasteiger partial charge < -0.3 is 15.0 Å². The lowest BCUT2D eigenvalue weighted by Crippen LogP contribution is -2.53. The summed E-state index contributed by atoms with van der Waals surface area (Å²) in [6.45, 7) is 5.74. The van der Waals surface area contributed by atoms with Crippen molar-refractivity contribution in [1.82, 2.24) is 10.2 Å². The minimum atomic E-state index is -3.77. The van der Waals surface area contributed by atoms with Crippen LogP contribution in [0.5, 0.6) is 5.75 Å². The zero-order valence-electron chi connectivity index (χ0n) is 23.9. The average molecular weight is 558 g/mol. The van der Waals surface area contributed by atoms with Crippen LogP contribution >= 0.6 is 0 Å². The summed E-state index contributed by atoms with van der Waals surface area (Å²) in [6.07, 6.45) is 6.68. The lowest BCUT2D eigenvalue weighted by molar-refractivity contribution is -0.140. The maximum absolute atomic E-state index is 13.9. The Kier molecular flexibility index (Phi) is 10.8. The predicted octanol–water partition coefficient (Wildman–Crippen LogP) is 4.84. The highest BCUT2D eigenvalue weighted by Gasteiger charge is 2.33. The van der Waals surface area contributed by atoms with Crippen LogP contribution in [0.15, 0.2) is 48.5 Å². The molecule has 3 rings (SSSR count). The number of methoxy groups -OCH3 is 1. The Hall–Kier alpha value is -3.07. The van der Waals surface area contributed by atoms with Crippen LogP contribution in [0.1, 0.15) is 76.3 Å². The molecular weight excluding hydrogens is 514 g/mol. The van der Waals surface area contributed by atoms with Crippen molar-refractivity contribution in [3.05, 3.63) is 59.7 Å². The third kappa shape index (κ3) is 8.46. The quantitative estimate of drug-likeness (QED) is 0.403. The van der Waals surface area contributed by atoms with Gasteiger partial charge in [0, 0.05) is 12.6 Å². The smallest absolute Gasteiger partial charge is 0.244 e. The fourth-order valence-electron chi connectivity index (χ4n) is 5.07. The van der Waals surface area contributed by atoms with Crippen molar-refractivity contribution in [1.29, 1.82) is 0 Å². The van der Waals surface area contributed by atoms with Crippen LogP contribution in [0.4, 0.5) is 5.69 Å². The summed E-state index contributed by atoms with van der Waals surface area (Å²) >= 11 is 0. The molecule has 1 aliphatic carbocycles. The van der Waals surface area contributed by atoms with Crippen LogP contribution in [0.3, 0.4) is 0 Å². The second-order valence-corrected chi connectivity index (χ2v) is 12.6. The molecule has 0 spiro atoms. The fraction of sp³-hybridized carbons (Fsp3) is 0.533. The van der Waals surface area contributed by atoms with E-state index < -0.39 is 28.5 Å². The summed E-state index contributed by atoms with van der Waals surface area (Å²) < 4.78 is 32.2. The summed E-state index contributed by atoms with van der Waals surface area (Å²) in [7, 11) is -2.20. The Morgan fingerprint density at radius 1 is 1.05 bits per heavy atom. The number of sulfonamides is 1. The first kappa shape index (κ1) is 30.5. The lowest BCUT2D eigenvalue weighted by Gasteiger charge is -2.34. The van der Waals surface area contributed by atoms with Gasteiger partial charge in [-0.25, -0.2) is 8.42 Å². The number of carbonyl (C=O) groups is 2. The van der Waals surface area contributed by atoms with Gasteiger partial charge in [-0.3, -0.25) is 13.9 Å². The number of hydrogen-bond donors (Lipinski definition) is 1. The molecule has 1 fully saturated rings. The van der Waals surface area contributed by atoms with Gasteiger partial charge in [-0.05, 0) is 60.6 Å². The SMILES string of the molecule is CC[C@@H](C(=O)NC1CCCCC1)N(Cc1cccc(OC)c1)C(=O)CN(c1ccc(C(C)C)cc1)S(C)(=O)=O. The Balaban J connectivity index is 1.92. The molecule has 0 aliphatic heterocycles. The Morgan fingerprint density at radius 3 is 2.28 bits per heavy atom. The summed E-state index contributed by atoms with van der Waals surface area (Å²) in [5.41, 5.74) is 2.28. The van der Waals surface area contributed by atoms with Crippen LogP contribution in [0.25, 0.3) is 0 Å². The molecule has 1 aliphatic rings. The Labute approximate surface area is 233 Å². The van der Waals surface area contributed by atoms with Gasteiger partial charge in [0.15, 0.2) is 0 Å². The van der Waals surface area contributed by atoms with E-state index in [1.165, 1.54) is 11.3 Å². The van der Waals surface area contributed by atoms with Crippen molar-refractivity contribution in [2.45, 2.75) is 83.8 Å². The van der Waals surface area contributed by atoms with E-state index >= 15 is 0 Å². The molecule has 2 aromatic rings. The van der Waals surface area contributed by atoms with E-state index in [1.807, 2.05) is 43.3 Å². The van der Waals surface area contributed by atoms with Crippen LogP contribution in [-0.2, 0) is 26.2 Å². The average Bonchev–Trinajstić information content (AvgIpc) is 2.91. The van der Waals surface area contributed by atoms with Crippen LogP contribution in [-0.4, -0.2) is 57.1 Å². The predicted molar refractivity (Wildman–Crippen MR) is 155 cm³/mol. The number of rotatable bonds is 12. The van der Waals surface area contributed by atoms with Gasteiger partial charge >= 0.3 is 0 Å². The second kappa shape index (κ2) is 13.8. The first-order valence-corrected chi connectivity index (χ1v) is 15.7. The number of anilines is 1. The van der Waals surface area contributed by atoms with E-state index in [0.717, 1.165) is 47.4 Å². The minimum absolute atomic E-state index is 0.0982. The van der Waals surface area contributed by atoms with Crippen molar-refractivity contribution in [3.63, 3.8) is 0 Å². The molecule has 0 heterocycles. The van der Waals surface area contributed by atoms with Crippen LogP contribution in [0, 0.1) is 0 Å². The lowest BCUT2D eigenvalue weighted by atomic mass is 9.95. The highest BCUT2D eigenvalue weighted by molar-refractivity contribution is 7.92. The highest BCUT2D eigenvalue weighted by Crippen LogP contribution is 2.24. The second-order valence-electron chi connectivity index (χ2n) is 10.7. The van der Waals surface area contributed by atoms with Crippen molar-refractivity contribution in [2.24, 2.45) is 0 Å². The first-order valence-electron chi connectivity index (χ1n) is 13.8. The van der Waals surface area contributed by atoms with Gasteiger partial charge in [0.1, 0.15) is 18.3 Å². The summed E-state index contributed by atoms with van der Waals surface area (Å²) in [6, 6.07) is 13.9. The van der Waals surface area contributed by atoms with Crippen LogP contribution in [0.2, 0.25) is 0 Å². The Bertz CT molecular complexity index is 1210. The van der Waals surface area contributed by atoms with Crippen molar-refractivity contribution >= 4 is 27.5 Å². The molecule has 214 valence electrons. The number of carbonyl (C=O) groups excluding carboxylic acids is 2. The normalized spacial score (nSPS) is 15.0. The van der Waals surface area contributed by atoms with Crippen molar-refractivity contribution in [3.8, 4) is 5.75 Å². The molecule has 0 saturated heterocycles. The van der Waals surface area contributed by atoms with E-state index in [9.17, 15) is 18.0 Å². The van der Waals surface area contributed by atoms with Crippen LogP contribution < -0.4 is 14.4 Å². The number of amides is 2. The third-order valence-corrected chi connectivity index (χ3v) is 8.49. The van der Waals surface area contributed by atoms with Gasteiger partial charge in [-0.2, -0.15) is 0 Å². The largest absolute Gasteiger partial charge is 0.497 e. The van der Waals surface area contributed by atoms with Gasteiger partial charge in [0.05, 0.1) is 19.1 Å². The summed E-state index contributed by atoms with van der Waals surface area (Å²) in [5.74, 6) is 0.288. The summed E-state index contributed by atoms with van der Waals surface area (Å²) in [5, 5.41) is 3.16. The van der Waals surface area contributed by atoms with Crippen molar-refractivity contribution in [2.75, 3.05) is 24.2 Å². The molecule has 2 amide bonds. The zero-order valence-corrected chi connectivity index (χ0v) is 24.7. The molecule has 8 nitrogen and oxygen atoms in total. The molecule has 1 N–H and O–H groups in total. The van der Waals surface area contributed by atoms with Gasteiger partial charge in [-0.15, -0.1) is 0 Å². The highest BCUT2D eigenvalue weighted by atomic mass is 32.2. The molecule has 1 atom stereocenters. The molecule has 1 saturated carbocycles. The Morgan fingerprint density at radius 2 is 1.72 bits per heavy atom. The third-order valence-electron chi connectivity index (χ3n) is 7.35. The zero-order chi connectivity index (χ0) is 28.6. The van der Waals surface area contributed by atoms with E-state index in [1.54, 1.807) is 19.2 Å². The monoisotopic (exact) mass is 557 g/mol. The van der Waals surface area contributed by atoms with Gasteiger partial charge in [-0.1, -0.05) is 64.3 Å². The maximum Gasteiger partial charge on any atom is 0.244 e. The number of benzene rings is 2. The van der Waals surface area contributed by atoms with E-state index in [-0.39, 0.29) is 18.5 Å². The number of ether oxygens (including phenoxy) is 1. The maximum atomic E-state index is 13.9. The fourth-order valence-corrected chi connectivity index (χ4v) is 5.92.